The van der Waals surface area contributed by atoms with Gasteiger partial charge in [-0.15, -0.1) is 17.0 Å². The Kier molecular flexibility index (Phi) is 14.2. The van der Waals surface area contributed by atoms with Gasteiger partial charge >= 0.3 is 0 Å². The molecule has 0 radical (unpaired) electrons. The van der Waals surface area contributed by atoms with Gasteiger partial charge in [-0.25, -0.2) is 4.98 Å². The van der Waals surface area contributed by atoms with Gasteiger partial charge in [-0.2, -0.15) is 0 Å². The summed E-state index contributed by atoms with van der Waals surface area (Å²) in [6.07, 6.45) is 5.83. The molecule has 4 aromatic carbocycles. The average Bonchev–Trinajstić information content (AvgIpc) is 3.14. The number of nitrogens with zero attached hydrogens (tertiary/aromatic N) is 3. The maximum absolute atomic E-state index is 13.1. The molecule has 1 aromatic heterocycles. The van der Waals surface area contributed by atoms with Gasteiger partial charge in [0.25, 0.3) is 0 Å². The van der Waals surface area contributed by atoms with Crippen LogP contribution in [0.15, 0.2) is 109 Å². The molecule has 0 atom stereocenters. The van der Waals surface area contributed by atoms with Crippen molar-refractivity contribution >= 4 is 52.2 Å². The molecule has 5 aromatic rings. The van der Waals surface area contributed by atoms with Gasteiger partial charge in [0.05, 0.1) is 17.8 Å². The largest absolute Gasteiger partial charge is 0.493 e. The highest BCUT2D eigenvalue weighted by molar-refractivity contribution is 8.93. The number of piperazine rings is 1. The van der Waals surface area contributed by atoms with E-state index < -0.39 is 0 Å². The third-order valence-electron chi connectivity index (χ3n) is 8.77. The van der Waals surface area contributed by atoms with Crippen molar-refractivity contribution in [1.82, 2.24) is 14.8 Å². The third-order valence-corrected chi connectivity index (χ3v) is 9.47. The Morgan fingerprint density at radius 3 is 2.23 bits per heavy atom. The van der Waals surface area contributed by atoms with E-state index in [4.69, 9.17) is 37.4 Å². The van der Waals surface area contributed by atoms with E-state index in [1.165, 1.54) is 16.7 Å². The molecule has 0 spiro atoms. The van der Waals surface area contributed by atoms with E-state index in [0.717, 1.165) is 48.5 Å². The summed E-state index contributed by atoms with van der Waals surface area (Å²) in [6.45, 7) is 8.84. The zero-order valence-corrected chi connectivity index (χ0v) is 32.5. The zero-order chi connectivity index (χ0) is 35.6. The molecule has 7 nitrogen and oxygen atoms in total. The molecule has 0 unspecified atom stereocenters. The van der Waals surface area contributed by atoms with Crippen molar-refractivity contribution in [2.45, 2.75) is 33.4 Å². The summed E-state index contributed by atoms with van der Waals surface area (Å²) in [4.78, 5) is 21.7. The van der Waals surface area contributed by atoms with Crippen molar-refractivity contribution in [3.63, 3.8) is 0 Å². The predicted molar refractivity (Wildman–Crippen MR) is 214 cm³/mol. The highest BCUT2D eigenvalue weighted by Crippen LogP contribution is 2.31. The van der Waals surface area contributed by atoms with Crippen molar-refractivity contribution in [2.24, 2.45) is 0 Å². The molecule has 0 N–H and O–H groups in total. The fourth-order valence-electron chi connectivity index (χ4n) is 5.71. The second-order valence-electron chi connectivity index (χ2n) is 12.6. The molecule has 0 bridgehead atoms. The number of halogens is 3. The molecular formula is C42H42BrCl2N3O4. The molecule has 1 fully saturated rings. The van der Waals surface area contributed by atoms with Gasteiger partial charge in [0.1, 0.15) is 23.9 Å². The van der Waals surface area contributed by atoms with Crippen molar-refractivity contribution < 1.29 is 19.0 Å². The number of pyridine rings is 1. The number of carbonyl (C=O) groups excluding carboxylic acids is 1. The normalized spacial score (nSPS) is 13.1. The number of aromatic nitrogens is 1. The quantitative estimate of drug-likeness (QED) is 0.111. The van der Waals surface area contributed by atoms with E-state index in [-0.39, 0.29) is 22.9 Å². The molecule has 1 aliphatic rings. The Morgan fingerprint density at radius 2 is 1.52 bits per heavy atom. The Morgan fingerprint density at radius 1 is 0.808 bits per heavy atom. The van der Waals surface area contributed by atoms with E-state index in [1.807, 2.05) is 54.3 Å². The molecule has 2 heterocycles. The molecule has 52 heavy (non-hydrogen) atoms. The Labute approximate surface area is 326 Å². The first-order valence-corrected chi connectivity index (χ1v) is 17.8. The number of carbonyl (C=O) groups is 1. The SMILES string of the molecule is Br.Cc1ccc(OCCc2ccc(CN3CCN(C(=O)/C=C/c4cc(C)c(Oc5ccc(OCc6ccccc6Cl)cn5)cc4Cl)CC3)cc2)cc1. The van der Waals surface area contributed by atoms with E-state index in [9.17, 15) is 4.79 Å². The summed E-state index contributed by atoms with van der Waals surface area (Å²) in [5.41, 5.74) is 6.25. The van der Waals surface area contributed by atoms with E-state index in [0.29, 0.717) is 53.7 Å². The highest BCUT2D eigenvalue weighted by Gasteiger charge is 2.20. The van der Waals surface area contributed by atoms with Gasteiger partial charge in [0.15, 0.2) is 0 Å². The average molecular weight is 804 g/mol. The number of benzene rings is 4. The van der Waals surface area contributed by atoms with Gasteiger partial charge in [-0.05, 0) is 72.5 Å². The van der Waals surface area contributed by atoms with Crippen LogP contribution in [0, 0.1) is 13.8 Å². The summed E-state index contributed by atoms with van der Waals surface area (Å²) in [5.74, 6) is 2.47. The summed E-state index contributed by atoms with van der Waals surface area (Å²) >= 11 is 12.8. The van der Waals surface area contributed by atoms with Crippen LogP contribution in [0.2, 0.25) is 10.0 Å². The van der Waals surface area contributed by atoms with Crippen LogP contribution in [0.4, 0.5) is 0 Å². The van der Waals surface area contributed by atoms with Crippen molar-refractivity contribution in [2.75, 3.05) is 32.8 Å². The molecular weight excluding hydrogens is 761 g/mol. The number of amides is 1. The van der Waals surface area contributed by atoms with E-state index >= 15 is 0 Å². The second kappa shape index (κ2) is 18.9. The van der Waals surface area contributed by atoms with Crippen LogP contribution >= 0.6 is 40.2 Å². The fourth-order valence-corrected chi connectivity index (χ4v) is 6.12. The molecule has 1 amide bonds. The first kappa shape index (κ1) is 38.9. The topological polar surface area (TPSA) is 64.1 Å². The molecule has 1 saturated heterocycles. The van der Waals surface area contributed by atoms with Gasteiger partial charge < -0.3 is 19.1 Å². The van der Waals surface area contributed by atoms with Crippen LogP contribution in [0.1, 0.15) is 33.4 Å². The number of aryl methyl sites for hydroxylation is 2. The monoisotopic (exact) mass is 801 g/mol. The first-order chi connectivity index (χ1) is 24.8. The van der Waals surface area contributed by atoms with Crippen molar-refractivity contribution in [3.05, 3.63) is 153 Å². The van der Waals surface area contributed by atoms with E-state index in [2.05, 4.69) is 53.2 Å². The van der Waals surface area contributed by atoms with Gasteiger partial charge in [-0.3, -0.25) is 9.69 Å². The summed E-state index contributed by atoms with van der Waals surface area (Å²) in [5, 5.41) is 1.14. The number of hydrogen-bond donors (Lipinski definition) is 0. The van der Waals surface area contributed by atoms with E-state index in [1.54, 1.807) is 36.5 Å². The van der Waals surface area contributed by atoms with Gasteiger partial charge in [-0.1, -0.05) is 83.4 Å². The summed E-state index contributed by atoms with van der Waals surface area (Å²) in [7, 11) is 0. The number of rotatable bonds is 13. The Balaban J connectivity index is 0.00000523. The fraction of sp³-hybridized carbons (Fsp3) is 0.238. The second-order valence-corrected chi connectivity index (χ2v) is 13.4. The van der Waals surface area contributed by atoms with Crippen LogP contribution in [0.5, 0.6) is 23.1 Å². The van der Waals surface area contributed by atoms with Crippen molar-refractivity contribution in [3.8, 4) is 23.1 Å². The van der Waals surface area contributed by atoms with Crippen LogP contribution in [-0.2, 0) is 24.4 Å². The Hall–Kier alpha value is -4.34. The van der Waals surface area contributed by atoms with Gasteiger partial charge in [0, 0.05) is 67.9 Å². The first-order valence-electron chi connectivity index (χ1n) is 17.1. The smallest absolute Gasteiger partial charge is 0.246 e. The summed E-state index contributed by atoms with van der Waals surface area (Å²) in [6, 6.07) is 31.6. The maximum Gasteiger partial charge on any atom is 0.246 e. The molecule has 0 aliphatic carbocycles. The molecule has 1 aliphatic heterocycles. The van der Waals surface area contributed by atoms with Crippen LogP contribution < -0.4 is 14.2 Å². The number of ether oxygens (including phenoxy) is 3. The lowest BCUT2D eigenvalue weighted by Crippen LogP contribution is -2.47. The zero-order valence-electron chi connectivity index (χ0n) is 29.3. The maximum atomic E-state index is 13.1. The minimum atomic E-state index is -0.0260. The molecule has 0 saturated carbocycles. The van der Waals surface area contributed by atoms with Crippen LogP contribution in [0.3, 0.4) is 0 Å². The minimum absolute atomic E-state index is 0. The summed E-state index contributed by atoms with van der Waals surface area (Å²) < 4.78 is 17.7. The van der Waals surface area contributed by atoms with Crippen LogP contribution in [0.25, 0.3) is 6.08 Å². The standard InChI is InChI=1S/C42H41Cl2N3O4.BrH/c1-30-7-14-36(15-8-30)49-24-19-32-9-11-33(12-10-32)28-46-20-22-47(23-21-46)42(48)18-13-34-25-31(2)40(26-39(34)44)51-41-17-16-37(27-45-41)50-29-35-5-3-4-6-38(35)43;/h3-18,25-27H,19-24,28-29H2,1-2H3;1H/b18-13+;. The van der Waals surface area contributed by atoms with Crippen molar-refractivity contribution in [1.29, 1.82) is 0 Å². The lowest BCUT2D eigenvalue weighted by molar-refractivity contribution is -0.127. The molecule has 270 valence electrons. The highest BCUT2D eigenvalue weighted by atomic mass is 79.9. The van der Waals surface area contributed by atoms with Crippen LogP contribution in [-0.4, -0.2) is 53.5 Å². The van der Waals surface area contributed by atoms with Gasteiger partial charge in [0.2, 0.25) is 11.8 Å². The third kappa shape index (κ3) is 11.1. The Bertz CT molecular complexity index is 1950. The molecule has 6 rings (SSSR count). The predicted octanol–water partition coefficient (Wildman–Crippen LogP) is 9.93. The molecule has 10 heteroatoms. The lowest BCUT2D eigenvalue weighted by Gasteiger charge is -2.34. The number of hydrogen-bond acceptors (Lipinski definition) is 6. The minimum Gasteiger partial charge on any atom is -0.493 e. The lowest BCUT2D eigenvalue weighted by atomic mass is 10.1.